The highest BCUT2D eigenvalue weighted by molar-refractivity contribution is 5.68. The Bertz CT molecular complexity index is 536. The molecule has 0 amide bonds. The number of nitrogens with zero attached hydrogens (tertiary/aromatic N) is 1. The van der Waals surface area contributed by atoms with E-state index in [4.69, 9.17) is 0 Å². The van der Waals surface area contributed by atoms with Gasteiger partial charge in [-0.1, -0.05) is 50.1 Å². The van der Waals surface area contributed by atoms with E-state index >= 15 is 0 Å². The Kier molecular flexibility index (Phi) is 3.72. The van der Waals surface area contributed by atoms with Gasteiger partial charge in [0.2, 0.25) is 0 Å². The third-order valence-corrected chi connectivity index (χ3v) is 4.23. The zero-order valence-corrected chi connectivity index (χ0v) is 11.9. The summed E-state index contributed by atoms with van der Waals surface area (Å²) < 4.78 is 2.49. The molecule has 0 unspecified atom stereocenters. The molecule has 0 fully saturated rings. The standard InChI is InChI=1S/C18H23N/c1-2-3-5-11-16-17(15-9-6-4-7-10-15)14-19-13-8-12-18(16)19/h4,6-7,9-10,14H,2-3,5,8,11-13H2,1H3. The third kappa shape index (κ3) is 2.47. The van der Waals surface area contributed by atoms with Gasteiger partial charge in [-0.15, -0.1) is 0 Å². The summed E-state index contributed by atoms with van der Waals surface area (Å²) in [7, 11) is 0. The number of rotatable bonds is 5. The average molecular weight is 253 g/mol. The first kappa shape index (κ1) is 12.5. The molecule has 0 N–H and O–H groups in total. The Labute approximate surface area is 116 Å². The molecule has 19 heavy (non-hydrogen) atoms. The van der Waals surface area contributed by atoms with Crippen molar-refractivity contribution in [2.75, 3.05) is 0 Å². The zero-order chi connectivity index (χ0) is 13.1. The summed E-state index contributed by atoms with van der Waals surface area (Å²) in [5.74, 6) is 0. The first-order valence-electron chi connectivity index (χ1n) is 7.66. The van der Waals surface area contributed by atoms with E-state index in [9.17, 15) is 0 Å². The average Bonchev–Trinajstić information content (AvgIpc) is 3.02. The summed E-state index contributed by atoms with van der Waals surface area (Å²) in [6.07, 6.45) is 10.2. The second-order valence-electron chi connectivity index (χ2n) is 5.59. The lowest BCUT2D eigenvalue weighted by Crippen LogP contribution is -1.93. The Morgan fingerprint density at radius 2 is 1.95 bits per heavy atom. The highest BCUT2D eigenvalue weighted by Crippen LogP contribution is 2.33. The molecular weight excluding hydrogens is 230 g/mol. The Morgan fingerprint density at radius 1 is 1.11 bits per heavy atom. The minimum atomic E-state index is 1.21. The molecule has 0 bridgehead atoms. The smallest absolute Gasteiger partial charge is 0.0226 e. The van der Waals surface area contributed by atoms with E-state index in [1.54, 1.807) is 11.3 Å². The highest BCUT2D eigenvalue weighted by Gasteiger charge is 2.19. The van der Waals surface area contributed by atoms with Crippen molar-refractivity contribution in [1.29, 1.82) is 0 Å². The van der Waals surface area contributed by atoms with Gasteiger partial charge >= 0.3 is 0 Å². The topological polar surface area (TPSA) is 4.93 Å². The number of aryl methyl sites for hydroxylation is 1. The summed E-state index contributed by atoms with van der Waals surface area (Å²) >= 11 is 0. The van der Waals surface area contributed by atoms with Crippen LogP contribution in [-0.4, -0.2) is 4.57 Å². The summed E-state index contributed by atoms with van der Waals surface area (Å²) in [5, 5.41) is 0. The maximum atomic E-state index is 2.49. The van der Waals surface area contributed by atoms with Gasteiger partial charge in [-0.05, 0) is 36.8 Å². The van der Waals surface area contributed by atoms with Crippen molar-refractivity contribution in [3.05, 3.63) is 47.8 Å². The van der Waals surface area contributed by atoms with E-state index < -0.39 is 0 Å². The Morgan fingerprint density at radius 3 is 2.74 bits per heavy atom. The minimum Gasteiger partial charge on any atom is -0.350 e. The quantitative estimate of drug-likeness (QED) is 0.672. The molecule has 1 aromatic heterocycles. The van der Waals surface area contributed by atoms with E-state index in [-0.39, 0.29) is 0 Å². The first-order valence-corrected chi connectivity index (χ1v) is 7.66. The fourth-order valence-electron chi connectivity index (χ4n) is 3.25. The minimum absolute atomic E-state index is 1.21. The van der Waals surface area contributed by atoms with Crippen LogP contribution >= 0.6 is 0 Å². The number of unbranched alkanes of at least 4 members (excludes halogenated alkanes) is 2. The van der Waals surface area contributed by atoms with Crippen LogP contribution in [0.5, 0.6) is 0 Å². The molecule has 3 rings (SSSR count). The van der Waals surface area contributed by atoms with Gasteiger partial charge in [0.1, 0.15) is 0 Å². The number of aromatic nitrogens is 1. The number of hydrogen-bond acceptors (Lipinski definition) is 0. The summed E-state index contributed by atoms with van der Waals surface area (Å²) in [4.78, 5) is 0. The summed E-state index contributed by atoms with van der Waals surface area (Å²) in [6.45, 7) is 3.49. The summed E-state index contributed by atoms with van der Waals surface area (Å²) in [5.41, 5.74) is 6.09. The molecule has 1 aliphatic heterocycles. The maximum Gasteiger partial charge on any atom is 0.0226 e. The van der Waals surface area contributed by atoms with Crippen molar-refractivity contribution in [2.45, 2.75) is 52.0 Å². The first-order chi connectivity index (χ1) is 9.40. The molecule has 1 aromatic carbocycles. The SMILES string of the molecule is CCCCCc1c(-c2ccccc2)cn2c1CCC2. The van der Waals surface area contributed by atoms with Crippen LogP contribution in [0.25, 0.3) is 11.1 Å². The van der Waals surface area contributed by atoms with Crippen molar-refractivity contribution in [2.24, 2.45) is 0 Å². The maximum absolute atomic E-state index is 2.49. The largest absolute Gasteiger partial charge is 0.350 e. The molecule has 2 aromatic rings. The monoisotopic (exact) mass is 253 g/mol. The van der Waals surface area contributed by atoms with Gasteiger partial charge in [0, 0.05) is 24.0 Å². The van der Waals surface area contributed by atoms with Crippen molar-refractivity contribution >= 4 is 0 Å². The van der Waals surface area contributed by atoms with Crippen molar-refractivity contribution in [1.82, 2.24) is 4.57 Å². The van der Waals surface area contributed by atoms with Crippen LogP contribution in [-0.2, 0) is 19.4 Å². The highest BCUT2D eigenvalue weighted by atomic mass is 15.0. The van der Waals surface area contributed by atoms with Crippen LogP contribution in [0.15, 0.2) is 36.5 Å². The molecule has 0 spiro atoms. The van der Waals surface area contributed by atoms with Gasteiger partial charge in [0.05, 0.1) is 0 Å². The van der Waals surface area contributed by atoms with Crippen molar-refractivity contribution < 1.29 is 0 Å². The van der Waals surface area contributed by atoms with Crippen LogP contribution < -0.4 is 0 Å². The lowest BCUT2D eigenvalue weighted by Gasteiger charge is -2.06. The van der Waals surface area contributed by atoms with E-state index in [0.29, 0.717) is 0 Å². The van der Waals surface area contributed by atoms with Crippen LogP contribution in [0.1, 0.15) is 43.9 Å². The predicted octanol–water partition coefficient (Wildman–Crippen LogP) is 4.83. The molecular formula is C18H23N. The van der Waals surface area contributed by atoms with E-state index in [0.717, 1.165) is 0 Å². The molecule has 0 saturated carbocycles. The lowest BCUT2D eigenvalue weighted by atomic mass is 9.97. The number of hydrogen-bond donors (Lipinski definition) is 0. The van der Waals surface area contributed by atoms with Gasteiger partial charge in [0.25, 0.3) is 0 Å². The van der Waals surface area contributed by atoms with Crippen molar-refractivity contribution in [3.63, 3.8) is 0 Å². The van der Waals surface area contributed by atoms with Crippen LogP contribution in [0, 0.1) is 0 Å². The van der Waals surface area contributed by atoms with Gasteiger partial charge in [-0.25, -0.2) is 0 Å². The predicted molar refractivity (Wildman–Crippen MR) is 81.4 cm³/mol. The van der Waals surface area contributed by atoms with E-state index in [2.05, 4.69) is 48.0 Å². The molecule has 1 nitrogen and oxygen atoms in total. The molecule has 2 heterocycles. The molecule has 0 radical (unpaired) electrons. The lowest BCUT2D eigenvalue weighted by molar-refractivity contribution is 0.713. The fourth-order valence-corrected chi connectivity index (χ4v) is 3.25. The second-order valence-corrected chi connectivity index (χ2v) is 5.59. The number of fused-ring (bicyclic) bond motifs is 1. The molecule has 0 aliphatic carbocycles. The van der Waals surface area contributed by atoms with Crippen LogP contribution in [0.3, 0.4) is 0 Å². The van der Waals surface area contributed by atoms with Gasteiger partial charge in [0.15, 0.2) is 0 Å². The van der Waals surface area contributed by atoms with Gasteiger partial charge < -0.3 is 4.57 Å². The molecule has 0 atom stereocenters. The van der Waals surface area contributed by atoms with Gasteiger partial charge in [-0.2, -0.15) is 0 Å². The zero-order valence-electron chi connectivity index (χ0n) is 11.9. The van der Waals surface area contributed by atoms with Crippen LogP contribution in [0.2, 0.25) is 0 Å². The Balaban J connectivity index is 1.95. The molecule has 1 heteroatoms. The molecule has 1 aliphatic rings. The van der Waals surface area contributed by atoms with E-state index in [1.807, 2.05) is 0 Å². The van der Waals surface area contributed by atoms with Gasteiger partial charge in [-0.3, -0.25) is 0 Å². The third-order valence-electron chi connectivity index (χ3n) is 4.23. The number of benzene rings is 1. The molecule has 0 saturated heterocycles. The second kappa shape index (κ2) is 5.64. The Hall–Kier alpha value is -1.50. The summed E-state index contributed by atoms with van der Waals surface area (Å²) in [6, 6.07) is 10.9. The normalized spacial score (nSPS) is 13.7. The van der Waals surface area contributed by atoms with Crippen molar-refractivity contribution in [3.8, 4) is 11.1 Å². The van der Waals surface area contributed by atoms with Crippen LogP contribution in [0.4, 0.5) is 0 Å². The molecule has 100 valence electrons. The van der Waals surface area contributed by atoms with E-state index in [1.165, 1.54) is 56.2 Å². The fraction of sp³-hybridized carbons (Fsp3) is 0.444.